The standard InChI is InChI=1S/C16H16N2O4S/c1-20-7-6-17-16-18-12(9-23-16)11-8-10-4-3-5-13(21-2)14(10)22-15(11)19/h3-5,8-9H,6-7H2,1-2H3,(H,17,18). The molecule has 0 aliphatic rings. The fraction of sp³-hybridized carbons (Fsp3) is 0.250. The van der Waals surface area contributed by atoms with Crippen molar-refractivity contribution in [2.45, 2.75) is 0 Å². The van der Waals surface area contributed by atoms with Crippen LogP contribution in [-0.4, -0.2) is 32.4 Å². The van der Waals surface area contributed by atoms with E-state index in [4.69, 9.17) is 13.9 Å². The van der Waals surface area contributed by atoms with E-state index in [1.807, 2.05) is 17.5 Å². The van der Waals surface area contributed by atoms with Crippen molar-refractivity contribution in [1.29, 1.82) is 0 Å². The Bertz CT molecular complexity index is 872. The Balaban J connectivity index is 1.97. The fourth-order valence-corrected chi connectivity index (χ4v) is 2.94. The molecular weight excluding hydrogens is 316 g/mol. The number of rotatable bonds is 6. The molecule has 0 radical (unpaired) electrons. The molecule has 2 aromatic heterocycles. The van der Waals surface area contributed by atoms with E-state index in [1.165, 1.54) is 11.3 Å². The van der Waals surface area contributed by atoms with Crippen LogP contribution in [0.3, 0.4) is 0 Å². The van der Waals surface area contributed by atoms with Gasteiger partial charge in [0, 0.05) is 24.4 Å². The maximum atomic E-state index is 12.3. The summed E-state index contributed by atoms with van der Waals surface area (Å²) in [4.78, 5) is 16.7. The first-order chi connectivity index (χ1) is 11.2. The number of para-hydroxylation sites is 1. The summed E-state index contributed by atoms with van der Waals surface area (Å²) in [6, 6.07) is 7.25. The number of nitrogens with zero attached hydrogens (tertiary/aromatic N) is 1. The van der Waals surface area contributed by atoms with Crippen LogP contribution in [0, 0.1) is 0 Å². The molecule has 2 heterocycles. The van der Waals surface area contributed by atoms with Crippen molar-refractivity contribution in [2.75, 3.05) is 32.7 Å². The normalized spacial score (nSPS) is 10.9. The monoisotopic (exact) mass is 332 g/mol. The van der Waals surface area contributed by atoms with Gasteiger partial charge in [-0.05, 0) is 12.1 Å². The number of fused-ring (bicyclic) bond motifs is 1. The molecule has 6 nitrogen and oxygen atoms in total. The molecule has 0 saturated heterocycles. The van der Waals surface area contributed by atoms with Crippen LogP contribution < -0.4 is 15.7 Å². The Hall–Kier alpha value is -2.38. The summed E-state index contributed by atoms with van der Waals surface area (Å²) >= 11 is 1.43. The zero-order valence-electron chi connectivity index (χ0n) is 12.8. The Morgan fingerprint density at radius 1 is 1.35 bits per heavy atom. The summed E-state index contributed by atoms with van der Waals surface area (Å²) in [6.07, 6.45) is 0. The van der Waals surface area contributed by atoms with Crippen LogP contribution in [0.5, 0.6) is 5.75 Å². The van der Waals surface area contributed by atoms with E-state index in [9.17, 15) is 4.79 Å². The molecule has 23 heavy (non-hydrogen) atoms. The summed E-state index contributed by atoms with van der Waals surface area (Å²) in [5, 5.41) is 6.50. The number of anilines is 1. The third-order valence-corrected chi connectivity index (χ3v) is 4.11. The second-order valence-corrected chi connectivity index (χ2v) is 5.64. The first-order valence-corrected chi connectivity index (χ1v) is 7.90. The van der Waals surface area contributed by atoms with E-state index >= 15 is 0 Å². The van der Waals surface area contributed by atoms with Crippen molar-refractivity contribution in [2.24, 2.45) is 0 Å². The van der Waals surface area contributed by atoms with Crippen LogP contribution in [-0.2, 0) is 4.74 Å². The first-order valence-electron chi connectivity index (χ1n) is 7.02. The lowest BCUT2D eigenvalue weighted by molar-refractivity contribution is 0.211. The third kappa shape index (κ3) is 3.20. The minimum absolute atomic E-state index is 0.432. The molecule has 0 unspecified atom stereocenters. The predicted molar refractivity (Wildman–Crippen MR) is 90.5 cm³/mol. The van der Waals surface area contributed by atoms with Crippen LogP contribution in [0.25, 0.3) is 22.2 Å². The zero-order valence-corrected chi connectivity index (χ0v) is 13.6. The Labute approximate surface area is 136 Å². The maximum Gasteiger partial charge on any atom is 0.345 e. The summed E-state index contributed by atoms with van der Waals surface area (Å²) in [5.41, 5.74) is 1.03. The minimum atomic E-state index is -0.434. The SMILES string of the molecule is COCCNc1nc(-c2cc3cccc(OC)c3oc2=O)cs1. The second kappa shape index (κ2) is 6.80. The largest absolute Gasteiger partial charge is 0.493 e. The summed E-state index contributed by atoms with van der Waals surface area (Å²) in [5.74, 6) is 0.534. The number of nitrogens with one attached hydrogen (secondary N) is 1. The fourth-order valence-electron chi connectivity index (χ4n) is 2.20. The van der Waals surface area contributed by atoms with Gasteiger partial charge >= 0.3 is 5.63 Å². The van der Waals surface area contributed by atoms with Crippen molar-refractivity contribution < 1.29 is 13.9 Å². The smallest absolute Gasteiger partial charge is 0.345 e. The highest BCUT2D eigenvalue weighted by Gasteiger charge is 2.13. The van der Waals surface area contributed by atoms with Gasteiger partial charge < -0.3 is 19.2 Å². The molecule has 0 spiro atoms. The lowest BCUT2D eigenvalue weighted by Gasteiger charge is -2.04. The van der Waals surface area contributed by atoms with Crippen molar-refractivity contribution in [3.63, 3.8) is 0 Å². The van der Waals surface area contributed by atoms with Gasteiger partial charge in [0.05, 0.1) is 25.0 Å². The maximum absolute atomic E-state index is 12.3. The lowest BCUT2D eigenvalue weighted by atomic mass is 10.1. The summed E-state index contributed by atoms with van der Waals surface area (Å²) in [6.45, 7) is 1.25. The van der Waals surface area contributed by atoms with Gasteiger partial charge in [0.25, 0.3) is 0 Å². The average molecular weight is 332 g/mol. The average Bonchev–Trinajstić information content (AvgIpc) is 3.02. The molecule has 0 aliphatic heterocycles. The molecule has 120 valence electrons. The molecular formula is C16H16N2O4S. The molecule has 0 amide bonds. The number of hydrogen-bond acceptors (Lipinski definition) is 7. The Morgan fingerprint density at radius 2 is 2.22 bits per heavy atom. The molecule has 0 atom stereocenters. The van der Waals surface area contributed by atoms with Crippen molar-refractivity contribution in [1.82, 2.24) is 4.98 Å². The van der Waals surface area contributed by atoms with Gasteiger partial charge in [-0.3, -0.25) is 0 Å². The van der Waals surface area contributed by atoms with Crippen molar-refractivity contribution >= 4 is 27.4 Å². The quantitative estimate of drug-likeness (QED) is 0.552. The lowest BCUT2D eigenvalue weighted by Crippen LogP contribution is -2.07. The number of thiazole rings is 1. The van der Waals surface area contributed by atoms with E-state index in [1.54, 1.807) is 26.4 Å². The minimum Gasteiger partial charge on any atom is -0.493 e. The highest BCUT2D eigenvalue weighted by molar-refractivity contribution is 7.14. The van der Waals surface area contributed by atoms with Gasteiger partial charge in [-0.2, -0.15) is 0 Å². The molecule has 0 aliphatic carbocycles. The number of methoxy groups -OCH3 is 2. The highest BCUT2D eigenvalue weighted by Crippen LogP contribution is 2.28. The molecule has 3 rings (SSSR count). The first kappa shape index (κ1) is 15.5. The molecule has 1 N–H and O–H groups in total. The zero-order chi connectivity index (χ0) is 16.2. The molecule has 3 aromatic rings. The number of benzene rings is 1. The third-order valence-electron chi connectivity index (χ3n) is 3.31. The van der Waals surface area contributed by atoms with E-state index in [0.717, 1.165) is 10.5 Å². The molecule has 0 bridgehead atoms. The second-order valence-electron chi connectivity index (χ2n) is 4.78. The van der Waals surface area contributed by atoms with Gasteiger partial charge in [-0.1, -0.05) is 12.1 Å². The van der Waals surface area contributed by atoms with E-state index in [0.29, 0.717) is 35.7 Å². The van der Waals surface area contributed by atoms with E-state index < -0.39 is 5.63 Å². The topological polar surface area (TPSA) is 73.6 Å². The van der Waals surface area contributed by atoms with E-state index in [-0.39, 0.29) is 0 Å². The van der Waals surface area contributed by atoms with Crippen molar-refractivity contribution in [3.8, 4) is 17.0 Å². The van der Waals surface area contributed by atoms with Crippen LogP contribution >= 0.6 is 11.3 Å². The highest BCUT2D eigenvalue weighted by atomic mass is 32.1. The van der Waals surface area contributed by atoms with Crippen LogP contribution in [0.4, 0.5) is 5.13 Å². The predicted octanol–water partition coefficient (Wildman–Crippen LogP) is 2.98. The van der Waals surface area contributed by atoms with Gasteiger partial charge in [0.2, 0.25) is 0 Å². The molecule has 0 fully saturated rings. The number of hydrogen-bond donors (Lipinski definition) is 1. The van der Waals surface area contributed by atoms with Crippen LogP contribution in [0.1, 0.15) is 0 Å². The van der Waals surface area contributed by atoms with Crippen LogP contribution in [0.15, 0.2) is 38.9 Å². The molecule has 0 saturated carbocycles. The molecule has 1 aromatic carbocycles. The van der Waals surface area contributed by atoms with Gasteiger partial charge in [-0.15, -0.1) is 11.3 Å². The van der Waals surface area contributed by atoms with Gasteiger partial charge in [-0.25, -0.2) is 9.78 Å². The van der Waals surface area contributed by atoms with E-state index in [2.05, 4.69) is 10.3 Å². The molecule has 7 heteroatoms. The van der Waals surface area contributed by atoms with Crippen molar-refractivity contribution in [3.05, 3.63) is 40.1 Å². The van der Waals surface area contributed by atoms with Gasteiger partial charge in [0.1, 0.15) is 0 Å². The summed E-state index contributed by atoms with van der Waals surface area (Å²) in [7, 11) is 3.19. The van der Waals surface area contributed by atoms with Gasteiger partial charge in [0.15, 0.2) is 16.5 Å². The number of aromatic nitrogens is 1. The Morgan fingerprint density at radius 3 is 3.00 bits per heavy atom. The van der Waals surface area contributed by atoms with Crippen LogP contribution in [0.2, 0.25) is 0 Å². The number of ether oxygens (including phenoxy) is 2. The Kier molecular flexibility index (Phi) is 4.59. The summed E-state index contributed by atoms with van der Waals surface area (Å²) < 4.78 is 15.6.